The van der Waals surface area contributed by atoms with Crippen LogP contribution in [-0.2, 0) is 69.9 Å². The average Bonchev–Trinajstić information content (AvgIpc) is 3.64. The van der Waals surface area contributed by atoms with Crippen molar-refractivity contribution >= 4 is 59.5 Å². The number of likely N-dealkylation sites (N-methyl/N-ethyl adjacent to an activating group) is 1. The summed E-state index contributed by atoms with van der Waals surface area (Å²) in [6.07, 6.45) is 8.69. The molecular formula is C42H56N3O16S3+. The van der Waals surface area contributed by atoms with Gasteiger partial charge in [-0.1, -0.05) is 24.3 Å². The Kier molecular flexibility index (Phi) is 17.5. The van der Waals surface area contributed by atoms with E-state index >= 15 is 0 Å². The lowest BCUT2D eigenvalue weighted by molar-refractivity contribution is -0.501. The fourth-order valence-corrected chi connectivity index (χ4v) is 9.47. The lowest BCUT2D eigenvalue weighted by atomic mass is 9.72. The van der Waals surface area contributed by atoms with Crippen molar-refractivity contribution < 1.29 is 77.3 Å². The SMILES string of the molecule is COCCC1(C)\C(=C/C=C/C=C/C(=[N+](C)CCO)C(C)(CCCS(=O)(=O)O)c2cc(S(=O)(=O)O)ccc2C)N(CCOCCC(=O)ON2C(=O)CCC2=O)c2ccc(S(=O)(=O)O)cc21. The molecule has 2 aromatic rings. The molecule has 1 fully saturated rings. The summed E-state index contributed by atoms with van der Waals surface area (Å²) in [5, 5.41) is 10.4. The zero-order chi connectivity index (χ0) is 47.7. The molecule has 0 aromatic heterocycles. The molecule has 1 saturated heterocycles. The Morgan fingerprint density at radius 3 is 2.17 bits per heavy atom. The van der Waals surface area contributed by atoms with Crippen LogP contribution in [0.15, 0.2) is 82.3 Å². The molecule has 352 valence electrons. The molecule has 0 bridgehead atoms. The Bertz CT molecular complexity index is 2540. The first-order valence-corrected chi connectivity index (χ1v) is 24.7. The Morgan fingerprint density at radius 1 is 0.922 bits per heavy atom. The molecule has 0 aliphatic carbocycles. The van der Waals surface area contributed by atoms with Crippen LogP contribution >= 0.6 is 0 Å². The molecule has 2 aliphatic heterocycles. The van der Waals surface area contributed by atoms with Gasteiger partial charge in [0, 0.05) is 56.0 Å². The van der Waals surface area contributed by atoms with E-state index in [-0.39, 0.29) is 81.4 Å². The maximum absolute atomic E-state index is 12.3. The van der Waals surface area contributed by atoms with E-state index in [0.29, 0.717) is 45.3 Å². The topological polar surface area (TPSA) is 272 Å². The van der Waals surface area contributed by atoms with E-state index in [9.17, 15) is 58.4 Å². The van der Waals surface area contributed by atoms with Gasteiger partial charge in [-0.25, -0.2) is 9.37 Å². The predicted molar refractivity (Wildman–Crippen MR) is 234 cm³/mol. The van der Waals surface area contributed by atoms with Gasteiger partial charge in [-0.15, -0.1) is 5.06 Å². The lowest BCUT2D eigenvalue weighted by Gasteiger charge is -2.30. The number of rotatable bonds is 23. The van der Waals surface area contributed by atoms with Gasteiger partial charge in [0.05, 0.1) is 40.6 Å². The van der Waals surface area contributed by atoms with E-state index in [4.69, 9.17) is 14.3 Å². The monoisotopic (exact) mass is 954 g/mol. The van der Waals surface area contributed by atoms with E-state index in [0.717, 1.165) is 0 Å². The number of aliphatic hydroxyl groups is 1. The van der Waals surface area contributed by atoms with Crippen molar-refractivity contribution in [2.24, 2.45) is 0 Å². The number of hydrogen-bond acceptors (Lipinski definition) is 14. The number of hydroxylamine groups is 2. The molecule has 0 saturated carbocycles. The fraction of sp³-hybridized carbons (Fsp3) is 0.476. The van der Waals surface area contributed by atoms with Crippen molar-refractivity contribution in [2.75, 3.05) is 64.3 Å². The maximum atomic E-state index is 12.3. The number of aliphatic hydroxyl groups excluding tert-OH is 1. The molecule has 2 unspecified atom stereocenters. The molecule has 64 heavy (non-hydrogen) atoms. The largest absolute Gasteiger partial charge is 0.390 e. The smallest absolute Gasteiger partial charge is 0.335 e. The number of hydrogen-bond donors (Lipinski definition) is 4. The molecule has 0 radical (unpaired) electrons. The van der Waals surface area contributed by atoms with Gasteiger partial charge in [0.25, 0.3) is 42.2 Å². The summed E-state index contributed by atoms with van der Waals surface area (Å²) in [6.45, 7) is 5.63. The van der Waals surface area contributed by atoms with Gasteiger partial charge in [0.2, 0.25) is 0 Å². The van der Waals surface area contributed by atoms with Gasteiger partial charge in [-0.2, -0.15) is 25.3 Å². The summed E-state index contributed by atoms with van der Waals surface area (Å²) in [4.78, 5) is 42.1. The van der Waals surface area contributed by atoms with Crippen molar-refractivity contribution in [3.8, 4) is 0 Å². The normalized spacial score (nSPS) is 19.2. The zero-order valence-corrected chi connectivity index (χ0v) is 38.7. The molecule has 22 heteroatoms. The summed E-state index contributed by atoms with van der Waals surface area (Å²) < 4.78 is 115. The summed E-state index contributed by atoms with van der Waals surface area (Å²) in [5.74, 6) is -2.63. The number of nitrogens with zero attached hydrogens (tertiary/aromatic N) is 3. The Hall–Kier alpha value is -4.65. The summed E-state index contributed by atoms with van der Waals surface area (Å²) in [6, 6.07) is 8.32. The lowest BCUT2D eigenvalue weighted by Crippen LogP contribution is -2.39. The van der Waals surface area contributed by atoms with Gasteiger partial charge >= 0.3 is 5.97 Å². The number of carbonyl (C=O) groups is 3. The number of ether oxygens (including phenoxy) is 2. The van der Waals surface area contributed by atoms with Crippen LogP contribution in [0.1, 0.15) is 69.1 Å². The number of allylic oxidation sites excluding steroid dienone is 6. The second-order valence-electron chi connectivity index (χ2n) is 15.8. The molecule has 19 nitrogen and oxygen atoms in total. The van der Waals surface area contributed by atoms with Gasteiger partial charge in [-0.3, -0.25) is 23.2 Å². The van der Waals surface area contributed by atoms with Gasteiger partial charge < -0.3 is 24.3 Å². The minimum absolute atomic E-state index is 0.0404. The average molecular weight is 955 g/mol. The number of methoxy groups -OCH3 is 1. The van der Waals surface area contributed by atoms with Crippen molar-refractivity contribution in [1.29, 1.82) is 0 Å². The zero-order valence-electron chi connectivity index (χ0n) is 36.3. The van der Waals surface area contributed by atoms with Crippen LogP contribution in [0.3, 0.4) is 0 Å². The second kappa shape index (κ2) is 21.6. The van der Waals surface area contributed by atoms with Crippen molar-refractivity contribution in [1.82, 2.24) is 5.06 Å². The molecule has 2 amide bonds. The molecular weight excluding hydrogens is 899 g/mol. The van der Waals surface area contributed by atoms with Crippen LogP contribution in [0.5, 0.6) is 0 Å². The second-order valence-corrected chi connectivity index (χ2v) is 20.2. The standard InChI is InChI=1S/C42H55N3O16S3/c1-30-12-13-31(63(53,54)55)28-33(30)41(2,19-9-27-62(50,51)52)36(43(4)21-23-46)10-7-6-8-11-37-42(3,20-25-59-5)34-29-32(64(56,57)58)14-15-35(34)44(37)22-26-60-24-18-40(49)61-45-38(47)16-17-39(45)48/h6-8,10-15,28-29,46H,9,16-27H2,1-5H3,(H2-,50,51,52,53,54,55,56,57,58)/p+1. The number of fused-ring (bicyclic) bond motifs is 1. The number of imide groups is 1. The van der Waals surface area contributed by atoms with Crippen LogP contribution in [0.25, 0.3) is 0 Å². The molecule has 4 N–H and O–H groups in total. The highest BCUT2D eigenvalue weighted by Gasteiger charge is 2.44. The van der Waals surface area contributed by atoms with E-state index in [1.54, 1.807) is 61.9 Å². The first kappa shape index (κ1) is 52.0. The van der Waals surface area contributed by atoms with Crippen LogP contribution in [-0.4, -0.2) is 137 Å². The number of carbonyl (C=O) groups excluding carboxylic acids is 3. The maximum Gasteiger partial charge on any atom is 0.335 e. The summed E-state index contributed by atoms with van der Waals surface area (Å²) in [5.41, 5.74) is 1.43. The van der Waals surface area contributed by atoms with Crippen LogP contribution in [0.4, 0.5) is 5.69 Å². The van der Waals surface area contributed by atoms with Crippen molar-refractivity contribution in [3.05, 3.63) is 89.2 Å². The number of amides is 2. The first-order valence-electron chi connectivity index (χ1n) is 20.2. The van der Waals surface area contributed by atoms with Gasteiger partial charge in [-0.05, 0) is 93.1 Å². The number of anilines is 1. The molecule has 2 heterocycles. The van der Waals surface area contributed by atoms with E-state index in [1.807, 2.05) is 11.8 Å². The summed E-state index contributed by atoms with van der Waals surface area (Å²) in [7, 11) is -10.4. The van der Waals surface area contributed by atoms with Gasteiger partial charge in [0.15, 0.2) is 12.3 Å². The molecule has 4 rings (SSSR count). The van der Waals surface area contributed by atoms with Crippen LogP contribution in [0, 0.1) is 6.92 Å². The minimum Gasteiger partial charge on any atom is -0.390 e. The number of benzene rings is 2. The highest BCUT2D eigenvalue weighted by Crippen LogP contribution is 2.50. The van der Waals surface area contributed by atoms with Crippen LogP contribution < -0.4 is 4.90 Å². The Balaban J connectivity index is 1.73. The highest BCUT2D eigenvalue weighted by molar-refractivity contribution is 7.86. The van der Waals surface area contributed by atoms with Crippen molar-refractivity contribution in [3.63, 3.8) is 0 Å². The third-order valence-electron chi connectivity index (χ3n) is 11.2. The minimum atomic E-state index is -4.64. The van der Waals surface area contributed by atoms with Crippen molar-refractivity contribution in [2.45, 2.75) is 79.9 Å². The van der Waals surface area contributed by atoms with Crippen LogP contribution in [0.2, 0.25) is 0 Å². The quantitative estimate of drug-likeness (QED) is 0.0311. The number of aryl methyl sites for hydroxylation is 1. The first-order chi connectivity index (χ1) is 29.9. The summed E-state index contributed by atoms with van der Waals surface area (Å²) >= 11 is 0. The third-order valence-corrected chi connectivity index (χ3v) is 13.7. The van der Waals surface area contributed by atoms with E-state index < -0.39 is 64.7 Å². The fourth-order valence-electron chi connectivity index (χ4n) is 7.95. The molecule has 0 spiro atoms. The Labute approximate surface area is 373 Å². The third kappa shape index (κ3) is 13.0. The molecule has 2 atom stereocenters. The van der Waals surface area contributed by atoms with E-state index in [1.165, 1.54) is 37.4 Å². The Morgan fingerprint density at radius 2 is 1.56 bits per heavy atom. The predicted octanol–water partition coefficient (Wildman–Crippen LogP) is 3.31. The van der Waals surface area contributed by atoms with E-state index in [2.05, 4.69) is 0 Å². The molecule has 2 aliphatic rings. The van der Waals surface area contributed by atoms with Gasteiger partial charge in [0.1, 0.15) is 13.7 Å². The molecule has 2 aromatic carbocycles. The highest BCUT2D eigenvalue weighted by atomic mass is 32.2.